The molecule has 0 amide bonds. The van der Waals surface area contributed by atoms with Crippen molar-refractivity contribution < 1.29 is 9.90 Å². The lowest BCUT2D eigenvalue weighted by Crippen LogP contribution is -2.11. The molecule has 0 saturated heterocycles. The van der Waals surface area contributed by atoms with E-state index in [0.29, 0.717) is 5.95 Å². The number of aliphatic carboxylic acids is 1. The largest absolute Gasteiger partial charge is 0.481 e. The van der Waals surface area contributed by atoms with Crippen molar-refractivity contribution in [2.45, 2.75) is 44.9 Å². The van der Waals surface area contributed by atoms with Gasteiger partial charge in [0.1, 0.15) is 0 Å². The molecule has 0 radical (unpaired) electrons. The van der Waals surface area contributed by atoms with E-state index in [1.165, 1.54) is 0 Å². The molecule has 3 N–H and O–H groups in total. The number of carbonyl (C=O) groups is 1. The first kappa shape index (κ1) is 11.8. The van der Waals surface area contributed by atoms with Crippen LogP contribution in [0, 0.1) is 0 Å². The lowest BCUT2D eigenvalue weighted by atomic mass is 9.93. The maximum atomic E-state index is 10.8. The van der Waals surface area contributed by atoms with Crippen molar-refractivity contribution in [2.75, 3.05) is 5.73 Å². The minimum Gasteiger partial charge on any atom is -0.481 e. The van der Waals surface area contributed by atoms with Gasteiger partial charge in [0.05, 0.1) is 12.1 Å². The summed E-state index contributed by atoms with van der Waals surface area (Å²) in [6.45, 7) is 4.08. The van der Waals surface area contributed by atoms with Gasteiger partial charge in [0.2, 0.25) is 5.95 Å². The van der Waals surface area contributed by atoms with Crippen LogP contribution in [-0.2, 0) is 11.2 Å². The van der Waals surface area contributed by atoms with Crippen molar-refractivity contribution in [1.82, 2.24) is 9.97 Å². The highest BCUT2D eigenvalue weighted by Crippen LogP contribution is 2.38. The van der Waals surface area contributed by atoms with E-state index < -0.39 is 5.97 Å². The number of hydrogen-bond donors (Lipinski definition) is 2. The summed E-state index contributed by atoms with van der Waals surface area (Å²) in [6.07, 6.45) is 1.79. The second-order valence-electron chi connectivity index (χ2n) is 4.82. The summed E-state index contributed by atoms with van der Waals surface area (Å²) in [5, 5.41) is 8.92. The van der Waals surface area contributed by atoms with Gasteiger partial charge in [0, 0.05) is 5.69 Å². The van der Waals surface area contributed by atoms with Gasteiger partial charge in [-0.3, -0.25) is 4.79 Å². The van der Waals surface area contributed by atoms with Crippen LogP contribution in [0.2, 0.25) is 0 Å². The molecule has 92 valence electrons. The summed E-state index contributed by atoms with van der Waals surface area (Å²) >= 11 is 0. The predicted octanol–water partition coefficient (Wildman–Crippen LogP) is 1.69. The number of aromatic nitrogens is 2. The van der Waals surface area contributed by atoms with E-state index in [2.05, 4.69) is 9.97 Å². The monoisotopic (exact) mass is 235 g/mol. The summed E-state index contributed by atoms with van der Waals surface area (Å²) < 4.78 is 0. The van der Waals surface area contributed by atoms with Crippen LogP contribution >= 0.6 is 0 Å². The van der Waals surface area contributed by atoms with Crippen molar-refractivity contribution in [3.05, 3.63) is 17.0 Å². The van der Waals surface area contributed by atoms with Gasteiger partial charge in [0.15, 0.2) is 0 Å². The van der Waals surface area contributed by atoms with E-state index in [0.717, 1.165) is 29.8 Å². The molecule has 0 aliphatic heterocycles. The second kappa shape index (κ2) is 4.31. The molecule has 2 rings (SSSR count). The predicted molar refractivity (Wildman–Crippen MR) is 63.8 cm³/mol. The van der Waals surface area contributed by atoms with Crippen LogP contribution in [0.3, 0.4) is 0 Å². The molecule has 1 aromatic heterocycles. The molecule has 1 heterocycles. The fourth-order valence-corrected chi connectivity index (χ4v) is 2.50. The van der Waals surface area contributed by atoms with Crippen LogP contribution in [0.4, 0.5) is 5.95 Å². The fraction of sp³-hybridized carbons (Fsp3) is 0.583. The Morgan fingerprint density at radius 3 is 2.82 bits per heavy atom. The molecular formula is C12H17N3O2. The first-order valence-electron chi connectivity index (χ1n) is 5.87. The fourth-order valence-electron chi connectivity index (χ4n) is 2.50. The Labute approximate surface area is 100 Å². The van der Waals surface area contributed by atoms with Gasteiger partial charge >= 0.3 is 5.97 Å². The highest BCUT2D eigenvalue weighted by atomic mass is 16.4. The highest BCUT2D eigenvalue weighted by molar-refractivity contribution is 5.68. The van der Waals surface area contributed by atoms with Gasteiger partial charge in [-0.2, -0.15) is 0 Å². The Kier molecular flexibility index (Phi) is 3.00. The standard InChI is InChI=1S/C12H17N3O2/c1-6(2)11-10-7(5-9(16)17)3-4-8(10)14-12(13)15-11/h6-7H,3-5H2,1-2H3,(H,16,17)(H2,13,14,15). The zero-order chi connectivity index (χ0) is 12.6. The summed E-state index contributed by atoms with van der Waals surface area (Å²) in [6, 6.07) is 0. The van der Waals surface area contributed by atoms with E-state index in [9.17, 15) is 4.79 Å². The van der Waals surface area contributed by atoms with E-state index in [1.807, 2.05) is 13.8 Å². The van der Waals surface area contributed by atoms with Crippen molar-refractivity contribution >= 4 is 11.9 Å². The molecular weight excluding hydrogens is 218 g/mol. The minimum atomic E-state index is -0.769. The van der Waals surface area contributed by atoms with E-state index in [1.54, 1.807) is 0 Å². The number of nitrogen functional groups attached to an aromatic ring is 1. The lowest BCUT2D eigenvalue weighted by Gasteiger charge is -2.15. The normalized spacial score (nSPS) is 18.4. The van der Waals surface area contributed by atoms with Gasteiger partial charge in [-0.1, -0.05) is 13.8 Å². The van der Waals surface area contributed by atoms with Crippen LogP contribution in [0.5, 0.6) is 0 Å². The average Bonchev–Trinajstić information content (AvgIpc) is 2.59. The number of carboxylic acid groups (broad SMARTS) is 1. The quantitative estimate of drug-likeness (QED) is 0.832. The van der Waals surface area contributed by atoms with E-state index in [-0.39, 0.29) is 18.3 Å². The Morgan fingerprint density at radius 2 is 2.24 bits per heavy atom. The van der Waals surface area contributed by atoms with Crippen LogP contribution in [0.25, 0.3) is 0 Å². The van der Waals surface area contributed by atoms with Crippen molar-refractivity contribution in [2.24, 2.45) is 0 Å². The van der Waals surface area contributed by atoms with Gasteiger partial charge in [-0.25, -0.2) is 9.97 Å². The summed E-state index contributed by atoms with van der Waals surface area (Å²) in [7, 11) is 0. The topological polar surface area (TPSA) is 89.1 Å². The summed E-state index contributed by atoms with van der Waals surface area (Å²) in [5.74, 6) is -0.193. The molecule has 1 aromatic rings. The molecule has 0 fully saturated rings. The minimum absolute atomic E-state index is 0.0421. The van der Waals surface area contributed by atoms with Gasteiger partial charge < -0.3 is 10.8 Å². The smallest absolute Gasteiger partial charge is 0.303 e. The zero-order valence-electron chi connectivity index (χ0n) is 10.1. The lowest BCUT2D eigenvalue weighted by molar-refractivity contribution is -0.137. The molecule has 0 saturated carbocycles. The number of nitrogens with zero attached hydrogens (tertiary/aromatic N) is 2. The Bertz CT molecular complexity index is 457. The third kappa shape index (κ3) is 2.23. The molecule has 0 bridgehead atoms. The SMILES string of the molecule is CC(C)c1nc(N)nc2c1C(CC(=O)O)CC2. The molecule has 0 spiro atoms. The second-order valence-corrected chi connectivity index (χ2v) is 4.82. The van der Waals surface area contributed by atoms with E-state index in [4.69, 9.17) is 10.8 Å². The Morgan fingerprint density at radius 1 is 1.53 bits per heavy atom. The van der Waals surface area contributed by atoms with Crippen LogP contribution in [-0.4, -0.2) is 21.0 Å². The number of rotatable bonds is 3. The van der Waals surface area contributed by atoms with Crippen LogP contribution in [0.1, 0.15) is 55.5 Å². The number of hydrogen-bond acceptors (Lipinski definition) is 4. The van der Waals surface area contributed by atoms with Gasteiger partial charge in [0.25, 0.3) is 0 Å². The third-order valence-corrected chi connectivity index (χ3v) is 3.18. The van der Waals surface area contributed by atoms with Crippen molar-refractivity contribution in [1.29, 1.82) is 0 Å². The number of carboxylic acids is 1. The molecule has 17 heavy (non-hydrogen) atoms. The van der Waals surface area contributed by atoms with Crippen LogP contribution in [0.15, 0.2) is 0 Å². The molecule has 1 atom stereocenters. The summed E-state index contributed by atoms with van der Waals surface area (Å²) in [5.41, 5.74) is 8.55. The number of fused-ring (bicyclic) bond motifs is 1. The third-order valence-electron chi connectivity index (χ3n) is 3.18. The molecule has 5 heteroatoms. The highest BCUT2D eigenvalue weighted by Gasteiger charge is 2.30. The Balaban J connectivity index is 2.45. The molecule has 1 aliphatic rings. The first-order chi connectivity index (χ1) is 7.99. The number of nitrogens with two attached hydrogens (primary N) is 1. The number of aryl methyl sites for hydroxylation is 1. The molecule has 0 aromatic carbocycles. The molecule has 1 aliphatic carbocycles. The van der Waals surface area contributed by atoms with Gasteiger partial charge in [-0.05, 0) is 30.2 Å². The average molecular weight is 235 g/mol. The molecule has 5 nitrogen and oxygen atoms in total. The maximum Gasteiger partial charge on any atom is 0.303 e. The maximum absolute atomic E-state index is 10.8. The molecule has 1 unspecified atom stereocenters. The van der Waals surface area contributed by atoms with Crippen molar-refractivity contribution in [3.63, 3.8) is 0 Å². The van der Waals surface area contributed by atoms with Gasteiger partial charge in [-0.15, -0.1) is 0 Å². The first-order valence-corrected chi connectivity index (χ1v) is 5.87. The zero-order valence-corrected chi connectivity index (χ0v) is 10.1. The Hall–Kier alpha value is -1.65. The van der Waals surface area contributed by atoms with E-state index >= 15 is 0 Å². The summed E-state index contributed by atoms with van der Waals surface area (Å²) in [4.78, 5) is 19.4. The van der Waals surface area contributed by atoms with Crippen molar-refractivity contribution in [3.8, 4) is 0 Å². The van der Waals surface area contributed by atoms with Crippen LogP contribution < -0.4 is 5.73 Å². The number of anilines is 1.